The predicted octanol–water partition coefficient (Wildman–Crippen LogP) is 0.320. The Hall–Kier alpha value is -2.57. The van der Waals surface area contributed by atoms with Gasteiger partial charge in [-0.15, -0.1) is 0 Å². The second kappa shape index (κ2) is 2.51. The summed E-state index contributed by atoms with van der Waals surface area (Å²) in [4.78, 5) is 4.22. The third-order valence-corrected chi connectivity index (χ3v) is 2.56. The van der Waals surface area contributed by atoms with Crippen molar-refractivity contribution < 1.29 is 0 Å². The smallest absolute Gasteiger partial charge is 0.214 e. The Morgan fingerprint density at radius 1 is 1.06 bits per heavy atom. The third-order valence-electron chi connectivity index (χ3n) is 2.56. The Labute approximate surface area is 88.3 Å². The summed E-state index contributed by atoms with van der Waals surface area (Å²) in [5, 5.41) is 16.6. The summed E-state index contributed by atoms with van der Waals surface area (Å²) in [7, 11) is 0. The average Bonchev–Trinajstić information content (AvgIpc) is 2.98. The maximum absolute atomic E-state index is 4.22. The molecule has 0 spiro atoms. The lowest BCUT2D eigenvalue weighted by Gasteiger charge is -2.00. The molecule has 0 radical (unpaired) electrons. The van der Waals surface area contributed by atoms with Crippen molar-refractivity contribution in [1.29, 1.82) is 0 Å². The van der Waals surface area contributed by atoms with Crippen LogP contribution in [0.4, 0.5) is 0 Å². The molecule has 0 amide bonds. The van der Waals surface area contributed by atoms with Crippen LogP contribution < -0.4 is 0 Å². The van der Waals surface area contributed by atoms with Gasteiger partial charge < -0.3 is 0 Å². The summed E-state index contributed by atoms with van der Waals surface area (Å²) in [6.45, 7) is 0. The molecule has 0 fully saturated rings. The minimum Gasteiger partial charge on any atom is -0.214 e. The van der Waals surface area contributed by atoms with Gasteiger partial charge in [-0.05, 0) is 22.6 Å². The predicted molar refractivity (Wildman–Crippen MR) is 54.8 cm³/mol. The van der Waals surface area contributed by atoms with Crippen molar-refractivity contribution in [2.45, 2.75) is 0 Å². The van der Waals surface area contributed by atoms with E-state index in [9.17, 15) is 0 Å². The average molecular weight is 211 g/mol. The lowest BCUT2D eigenvalue weighted by atomic mass is 10.2. The van der Waals surface area contributed by atoms with E-state index in [-0.39, 0.29) is 0 Å². The first kappa shape index (κ1) is 7.69. The lowest BCUT2D eigenvalue weighted by molar-refractivity contribution is 0.837. The first-order valence-electron chi connectivity index (χ1n) is 4.74. The molecule has 0 saturated heterocycles. The zero-order valence-corrected chi connectivity index (χ0v) is 8.02. The molecule has 7 heteroatoms. The monoisotopic (exact) mass is 211 g/mol. The summed E-state index contributed by atoms with van der Waals surface area (Å²) < 4.78 is 3.28. The van der Waals surface area contributed by atoms with E-state index in [0.29, 0.717) is 5.78 Å². The van der Waals surface area contributed by atoms with Crippen molar-refractivity contribution in [3.8, 4) is 0 Å². The van der Waals surface area contributed by atoms with E-state index in [1.165, 1.54) is 6.33 Å². The zero-order chi connectivity index (χ0) is 10.5. The largest absolute Gasteiger partial charge is 0.277 e. The molecule has 0 N–H and O–H groups in total. The van der Waals surface area contributed by atoms with Crippen molar-refractivity contribution in [3.63, 3.8) is 0 Å². The molecule has 7 nitrogen and oxygen atoms in total. The van der Waals surface area contributed by atoms with E-state index in [2.05, 4.69) is 25.6 Å². The van der Waals surface area contributed by atoms with Crippen LogP contribution in [0.5, 0.6) is 0 Å². The molecule has 0 aliphatic carbocycles. The highest BCUT2D eigenvalue weighted by molar-refractivity contribution is 5.92. The number of aromatic nitrogens is 7. The molecule has 0 unspecified atom stereocenters. The van der Waals surface area contributed by atoms with E-state index in [4.69, 9.17) is 0 Å². The Morgan fingerprint density at radius 3 is 3.00 bits per heavy atom. The molecule has 4 rings (SSSR count). The number of nitrogens with zero attached hydrogens (tertiary/aromatic N) is 7. The van der Waals surface area contributed by atoms with Gasteiger partial charge in [0.2, 0.25) is 0 Å². The van der Waals surface area contributed by atoms with Crippen LogP contribution in [0, 0.1) is 0 Å². The summed E-state index contributed by atoms with van der Waals surface area (Å²) in [6.07, 6.45) is 1.50. The standard InChI is InChI=1S/C9H5N7/c1-2-4-7-6(3-1)8-10-5-11-16(8)9-12-13-14-15(7)9/h1-5H. The third kappa shape index (κ3) is 0.761. The van der Waals surface area contributed by atoms with Crippen LogP contribution in [0.3, 0.4) is 0 Å². The van der Waals surface area contributed by atoms with E-state index < -0.39 is 0 Å². The molecule has 4 aromatic rings. The van der Waals surface area contributed by atoms with Gasteiger partial charge in [0.15, 0.2) is 5.65 Å². The molecule has 0 saturated carbocycles. The van der Waals surface area contributed by atoms with Gasteiger partial charge in [0, 0.05) is 5.39 Å². The first-order valence-corrected chi connectivity index (χ1v) is 4.74. The minimum absolute atomic E-state index is 0.561. The number of fused-ring (bicyclic) bond motifs is 6. The number of benzene rings is 1. The van der Waals surface area contributed by atoms with Gasteiger partial charge in [-0.2, -0.15) is 14.1 Å². The summed E-state index contributed by atoms with van der Waals surface area (Å²) in [5.41, 5.74) is 1.68. The van der Waals surface area contributed by atoms with Crippen LogP contribution in [0.2, 0.25) is 0 Å². The van der Waals surface area contributed by atoms with Crippen LogP contribution in [0.1, 0.15) is 0 Å². The van der Waals surface area contributed by atoms with Crippen LogP contribution in [-0.4, -0.2) is 34.6 Å². The van der Waals surface area contributed by atoms with Gasteiger partial charge in [-0.25, -0.2) is 4.98 Å². The number of hydrogen-bond donors (Lipinski definition) is 0. The Balaban J connectivity index is 2.51. The van der Waals surface area contributed by atoms with Gasteiger partial charge >= 0.3 is 0 Å². The van der Waals surface area contributed by atoms with Crippen LogP contribution in [-0.2, 0) is 0 Å². The van der Waals surface area contributed by atoms with Gasteiger partial charge in [-0.3, -0.25) is 0 Å². The topological polar surface area (TPSA) is 73.3 Å². The Morgan fingerprint density at radius 2 is 2.00 bits per heavy atom. The van der Waals surface area contributed by atoms with E-state index >= 15 is 0 Å². The van der Waals surface area contributed by atoms with Gasteiger partial charge in [0.1, 0.15) is 6.33 Å². The highest BCUT2D eigenvalue weighted by Gasteiger charge is 2.11. The van der Waals surface area contributed by atoms with Gasteiger partial charge in [0.25, 0.3) is 5.78 Å². The van der Waals surface area contributed by atoms with E-state index in [1.807, 2.05) is 24.3 Å². The number of para-hydroxylation sites is 1. The maximum atomic E-state index is 4.22. The maximum Gasteiger partial charge on any atom is 0.277 e. The number of hydrogen-bond acceptors (Lipinski definition) is 5. The fraction of sp³-hybridized carbons (Fsp3) is 0. The summed E-state index contributed by atoms with van der Waals surface area (Å²) >= 11 is 0. The van der Waals surface area contributed by atoms with Gasteiger partial charge in [-0.1, -0.05) is 17.2 Å². The molecule has 16 heavy (non-hydrogen) atoms. The SMILES string of the molecule is c1ccc2c(c1)c1ncnn1c1nnnn21. The van der Waals surface area contributed by atoms with Crippen molar-refractivity contribution in [1.82, 2.24) is 34.6 Å². The quantitative estimate of drug-likeness (QED) is 0.418. The molecular weight excluding hydrogens is 206 g/mol. The molecule has 1 aromatic carbocycles. The molecule has 0 aliphatic rings. The molecule has 3 aromatic heterocycles. The van der Waals surface area contributed by atoms with E-state index in [0.717, 1.165) is 16.6 Å². The fourth-order valence-electron chi connectivity index (χ4n) is 1.89. The minimum atomic E-state index is 0.561. The fourth-order valence-corrected chi connectivity index (χ4v) is 1.89. The molecule has 0 atom stereocenters. The van der Waals surface area contributed by atoms with Gasteiger partial charge in [0.05, 0.1) is 5.52 Å². The molecular formula is C9H5N7. The normalized spacial score (nSPS) is 11.8. The van der Waals surface area contributed by atoms with Crippen LogP contribution >= 0.6 is 0 Å². The molecule has 3 heterocycles. The van der Waals surface area contributed by atoms with Crippen molar-refractivity contribution in [2.75, 3.05) is 0 Å². The number of rotatable bonds is 0. The van der Waals surface area contributed by atoms with Crippen LogP contribution in [0.25, 0.3) is 22.3 Å². The molecule has 0 bridgehead atoms. The number of tetrazole rings is 1. The zero-order valence-electron chi connectivity index (χ0n) is 8.02. The Bertz CT molecular complexity index is 743. The van der Waals surface area contributed by atoms with Crippen LogP contribution in [0.15, 0.2) is 30.6 Å². The van der Waals surface area contributed by atoms with Crippen molar-refractivity contribution >= 4 is 22.3 Å². The summed E-state index contributed by atoms with van der Waals surface area (Å²) in [5.74, 6) is 0.561. The van der Waals surface area contributed by atoms with Crippen molar-refractivity contribution in [2.24, 2.45) is 0 Å². The second-order valence-electron chi connectivity index (χ2n) is 3.40. The highest BCUT2D eigenvalue weighted by atomic mass is 15.6. The van der Waals surface area contributed by atoms with E-state index in [1.54, 1.807) is 9.03 Å². The second-order valence-corrected chi connectivity index (χ2v) is 3.40. The first-order chi connectivity index (χ1) is 7.95. The Kier molecular flexibility index (Phi) is 1.21. The molecule has 76 valence electrons. The molecule has 0 aliphatic heterocycles. The lowest BCUT2D eigenvalue weighted by Crippen LogP contribution is -2.00. The summed E-state index contributed by atoms with van der Waals surface area (Å²) in [6, 6.07) is 7.82. The van der Waals surface area contributed by atoms with Crippen molar-refractivity contribution in [3.05, 3.63) is 30.6 Å². The highest BCUT2D eigenvalue weighted by Crippen LogP contribution is 2.18.